The molecule has 0 spiro atoms. The largest absolute Gasteiger partial charge is 0.261 e. The van der Waals surface area contributed by atoms with Crippen LogP contribution in [0.2, 0.25) is 0 Å². The molecule has 0 atom stereocenters. The van der Waals surface area contributed by atoms with Crippen LogP contribution >= 0.6 is 0 Å². The van der Waals surface area contributed by atoms with Crippen LogP contribution in [0.1, 0.15) is 43.4 Å². The number of nitrogens with zero attached hydrogens (tertiary/aromatic N) is 1. The van der Waals surface area contributed by atoms with Crippen molar-refractivity contribution < 1.29 is 0 Å². The molecule has 0 unspecified atom stereocenters. The molecule has 15 heavy (non-hydrogen) atoms. The van der Waals surface area contributed by atoms with E-state index in [1.54, 1.807) is 0 Å². The molecule has 82 valence electrons. The number of aromatic nitrogens is 1. The molecule has 0 amide bonds. The summed E-state index contributed by atoms with van der Waals surface area (Å²) in [6, 6.07) is 4.28. The fraction of sp³-hybridized carbons (Fsp3) is 0.500. The molecule has 1 nitrogen and oxygen atoms in total. The van der Waals surface area contributed by atoms with E-state index in [2.05, 4.69) is 30.6 Å². The van der Waals surface area contributed by atoms with Crippen LogP contribution in [-0.2, 0) is 6.42 Å². The first-order chi connectivity index (χ1) is 7.33. The van der Waals surface area contributed by atoms with Gasteiger partial charge in [-0.1, -0.05) is 25.0 Å². The zero-order valence-corrected chi connectivity index (χ0v) is 9.71. The van der Waals surface area contributed by atoms with Gasteiger partial charge in [0, 0.05) is 11.9 Å². The van der Waals surface area contributed by atoms with Crippen molar-refractivity contribution in [2.75, 3.05) is 0 Å². The second-order valence-corrected chi connectivity index (χ2v) is 4.07. The first-order valence-electron chi connectivity index (χ1n) is 5.85. The Hall–Kier alpha value is -1.11. The van der Waals surface area contributed by atoms with Crippen LogP contribution in [-0.4, -0.2) is 4.98 Å². The molecule has 0 N–H and O–H groups in total. The van der Waals surface area contributed by atoms with Gasteiger partial charge in [0.05, 0.1) is 0 Å². The Kier molecular flexibility index (Phi) is 5.76. The van der Waals surface area contributed by atoms with Crippen molar-refractivity contribution in [3.63, 3.8) is 0 Å². The van der Waals surface area contributed by atoms with E-state index in [1.165, 1.54) is 36.9 Å². The van der Waals surface area contributed by atoms with E-state index in [-0.39, 0.29) is 0 Å². The minimum Gasteiger partial charge on any atom is -0.261 e. The van der Waals surface area contributed by atoms with Gasteiger partial charge < -0.3 is 0 Å². The summed E-state index contributed by atoms with van der Waals surface area (Å²) >= 11 is 0. The highest BCUT2D eigenvalue weighted by atomic mass is 14.7. The van der Waals surface area contributed by atoms with E-state index in [1.807, 2.05) is 12.3 Å². The van der Waals surface area contributed by atoms with Gasteiger partial charge in [-0.05, 0) is 44.2 Å². The summed E-state index contributed by atoms with van der Waals surface area (Å²) in [5.41, 5.74) is 2.47. The zero-order chi connectivity index (χ0) is 10.9. The highest BCUT2D eigenvalue weighted by Gasteiger charge is 1.94. The highest BCUT2D eigenvalue weighted by Crippen LogP contribution is 2.07. The monoisotopic (exact) mass is 203 g/mol. The van der Waals surface area contributed by atoms with Crippen LogP contribution in [0.3, 0.4) is 0 Å². The van der Waals surface area contributed by atoms with Crippen LogP contribution < -0.4 is 0 Å². The van der Waals surface area contributed by atoms with E-state index in [9.17, 15) is 0 Å². The van der Waals surface area contributed by atoms with Gasteiger partial charge in [0.25, 0.3) is 0 Å². The van der Waals surface area contributed by atoms with Gasteiger partial charge >= 0.3 is 0 Å². The maximum absolute atomic E-state index is 4.40. The van der Waals surface area contributed by atoms with Crippen molar-refractivity contribution in [3.05, 3.63) is 42.2 Å². The van der Waals surface area contributed by atoms with Crippen molar-refractivity contribution in [1.82, 2.24) is 4.98 Å². The van der Waals surface area contributed by atoms with Gasteiger partial charge in [-0.15, -0.1) is 6.58 Å². The Labute approximate surface area is 93.2 Å². The number of aryl methyl sites for hydroxylation is 2. The van der Waals surface area contributed by atoms with E-state index < -0.39 is 0 Å². The fourth-order valence-electron chi connectivity index (χ4n) is 1.59. The predicted molar refractivity (Wildman–Crippen MR) is 66.0 cm³/mol. The van der Waals surface area contributed by atoms with Crippen molar-refractivity contribution in [2.45, 2.75) is 45.4 Å². The molecular formula is C14H21N. The summed E-state index contributed by atoms with van der Waals surface area (Å²) in [4.78, 5) is 4.40. The lowest BCUT2D eigenvalue weighted by atomic mass is 10.1. The van der Waals surface area contributed by atoms with Crippen molar-refractivity contribution in [2.24, 2.45) is 0 Å². The van der Waals surface area contributed by atoms with Crippen molar-refractivity contribution >= 4 is 0 Å². The van der Waals surface area contributed by atoms with Crippen LogP contribution in [0.25, 0.3) is 0 Å². The molecule has 1 aromatic heterocycles. The standard InChI is InChI=1S/C14H21N/c1-3-4-5-6-7-8-9-14-11-10-13(2)12-15-14/h3,10-12H,1,4-9H2,2H3. The Bertz CT molecular complexity index is 274. The molecular weight excluding hydrogens is 182 g/mol. The summed E-state index contributed by atoms with van der Waals surface area (Å²) in [7, 11) is 0. The highest BCUT2D eigenvalue weighted by molar-refractivity contribution is 5.12. The van der Waals surface area contributed by atoms with Gasteiger partial charge in [-0.2, -0.15) is 0 Å². The smallest absolute Gasteiger partial charge is 0.0403 e. The van der Waals surface area contributed by atoms with Crippen LogP contribution in [0.4, 0.5) is 0 Å². The second-order valence-electron chi connectivity index (χ2n) is 4.07. The number of pyridine rings is 1. The first-order valence-corrected chi connectivity index (χ1v) is 5.85. The molecule has 0 aliphatic heterocycles. The summed E-state index contributed by atoms with van der Waals surface area (Å²) in [5.74, 6) is 0. The summed E-state index contributed by atoms with van der Waals surface area (Å²) in [6.45, 7) is 5.80. The minimum absolute atomic E-state index is 1.12. The maximum atomic E-state index is 4.40. The van der Waals surface area contributed by atoms with Gasteiger partial charge in [0.15, 0.2) is 0 Å². The van der Waals surface area contributed by atoms with Gasteiger partial charge in [0.1, 0.15) is 0 Å². The zero-order valence-electron chi connectivity index (χ0n) is 9.71. The number of unbranched alkanes of at least 4 members (excludes halogenated alkanes) is 4. The maximum Gasteiger partial charge on any atom is 0.0403 e. The van der Waals surface area contributed by atoms with Gasteiger partial charge in [-0.3, -0.25) is 4.98 Å². The molecule has 0 bridgehead atoms. The third kappa shape index (κ3) is 5.36. The molecule has 0 radical (unpaired) electrons. The third-order valence-electron chi connectivity index (χ3n) is 2.56. The average Bonchev–Trinajstić information content (AvgIpc) is 2.26. The molecule has 1 heteroatoms. The van der Waals surface area contributed by atoms with Crippen molar-refractivity contribution in [3.8, 4) is 0 Å². The van der Waals surface area contributed by atoms with Crippen molar-refractivity contribution in [1.29, 1.82) is 0 Å². The number of hydrogen-bond donors (Lipinski definition) is 0. The molecule has 1 heterocycles. The third-order valence-corrected chi connectivity index (χ3v) is 2.56. The van der Waals surface area contributed by atoms with E-state index >= 15 is 0 Å². The molecule has 0 aromatic carbocycles. The fourth-order valence-corrected chi connectivity index (χ4v) is 1.59. The molecule has 1 rings (SSSR count). The Morgan fingerprint density at radius 3 is 2.67 bits per heavy atom. The van der Waals surface area contributed by atoms with Crippen LogP contribution in [0.5, 0.6) is 0 Å². The quantitative estimate of drug-likeness (QED) is 0.481. The molecule has 0 saturated carbocycles. The summed E-state index contributed by atoms with van der Waals surface area (Å²) < 4.78 is 0. The summed E-state index contributed by atoms with van der Waals surface area (Å²) in [5, 5.41) is 0. The molecule has 1 aromatic rings. The van der Waals surface area contributed by atoms with E-state index in [0.29, 0.717) is 0 Å². The number of allylic oxidation sites excluding steroid dienone is 1. The Morgan fingerprint density at radius 2 is 2.00 bits per heavy atom. The Balaban J connectivity index is 2.09. The molecule has 0 aliphatic carbocycles. The lowest BCUT2D eigenvalue weighted by Gasteiger charge is -2.01. The lowest BCUT2D eigenvalue weighted by Crippen LogP contribution is -1.90. The van der Waals surface area contributed by atoms with E-state index in [4.69, 9.17) is 0 Å². The SMILES string of the molecule is C=CCCCCCCc1ccc(C)cn1. The normalized spacial score (nSPS) is 10.2. The van der Waals surface area contributed by atoms with Gasteiger partial charge in [-0.25, -0.2) is 0 Å². The number of hydrogen-bond acceptors (Lipinski definition) is 1. The van der Waals surface area contributed by atoms with Gasteiger partial charge in [0.2, 0.25) is 0 Å². The summed E-state index contributed by atoms with van der Waals surface area (Å²) in [6.07, 6.45) is 11.4. The average molecular weight is 203 g/mol. The minimum atomic E-state index is 1.12. The van der Waals surface area contributed by atoms with Crippen LogP contribution in [0, 0.1) is 6.92 Å². The first kappa shape index (κ1) is 12.0. The number of rotatable bonds is 7. The Morgan fingerprint density at radius 1 is 1.20 bits per heavy atom. The molecule has 0 saturated heterocycles. The molecule has 0 aliphatic rings. The second kappa shape index (κ2) is 7.22. The lowest BCUT2D eigenvalue weighted by molar-refractivity contribution is 0.641. The predicted octanol–water partition coefficient (Wildman–Crippen LogP) is 4.07. The van der Waals surface area contributed by atoms with Crippen LogP contribution in [0.15, 0.2) is 31.0 Å². The topological polar surface area (TPSA) is 12.9 Å². The molecule has 0 fully saturated rings. The van der Waals surface area contributed by atoms with E-state index in [0.717, 1.165) is 12.8 Å².